The highest BCUT2D eigenvalue weighted by atomic mass is 14.3. The van der Waals surface area contributed by atoms with Crippen LogP contribution in [0.25, 0.3) is 0 Å². The van der Waals surface area contributed by atoms with Crippen molar-refractivity contribution in [3.05, 3.63) is 0 Å². The number of hydrogen-bond donors (Lipinski definition) is 0. The Balaban J connectivity index is 4.76. The predicted molar refractivity (Wildman–Crippen MR) is 103 cm³/mol. The third kappa shape index (κ3) is 8.59. The number of rotatable bonds is 12. The van der Waals surface area contributed by atoms with Crippen molar-refractivity contribution in [1.29, 1.82) is 0 Å². The summed E-state index contributed by atoms with van der Waals surface area (Å²) >= 11 is 0. The SMILES string of the molecule is CCCC(CC)C(C)CC(CC(CC(C)C)C(C)C)C(C)C. The van der Waals surface area contributed by atoms with Gasteiger partial charge in [0.15, 0.2) is 0 Å². The van der Waals surface area contributed by atoms with Crippen molar-refractivity contribution in [2.24, 2.45) is 41.4 Å². The molecule has 0 amide bonds. The lowest BCUT2D eigenvalue weighted by Gasteiger charge is -2.33. The molecule has 0 fully saturated rings. The molecule has 0 aliphatic heterocycles. The fourth-order valence-electron chi connectivity index (χ4n) is 4.21. The van der Waals surface area contributed by atoms with Gasteiger partial charge in [-0.2, -0.15) is 0 Å². The normalized spacial score (nSPS) is 18.0. The van der Waals surface area contributed by atoms with E-state index in [1.54, 1.807) is 0 Å². The zero-order chi connectivity index (χ0) is 17.3. The molecule has 0 N–H and O–H groups in total. The fraction of sp³-hybridized carbons (Fsp3) is 1.00. The van der Waals surface area contributed by atoms with Gasteiger partial charge in [-0.05, 0) is 60.7 Å². The lowest BCUT2D eigenvalue weighted by atomic mass is 9.72. The highest BCUT2D eigenvalue weighted by Crippen LogP contribution is 2.36. The molecule has 4 unspecified atom stereocenters. The zero-order valence-corrected chi connectivity index (χ0v) is 17.3. The van der Waals surface area contributed by atoms with Crippen LogP contribution >= 0.6 is 0 Å². The summed E-state index contributed by atoms with van der Waals surface area (Å²) in [5.74, 6) is 6.14. The molecule has 0 aliphatic rings. The molecule has 0 heteroatoms. The molecular weight excluding hydrogens is 264 g/mol. The molecule has 134 valence electrons. The second-order valence-electron chi connectivity index (χ2n) is 9.04. The van der Waals surface area contributed by atoms with E-state index in [4.69, 9.17) is 0 Å². The molecule has 0 bridgehead atoms. The van der Waals surface area contributed by atoms with E-state index in [9.17, 15) is 0 Å². The summed E-state index contributed by atoms with van der Waals surface area (Å²) in [5, 5.41) is 0. The molecule has 0 radical (unpaired) electrons. The Kier molecular flexibility index (Phi) is 11.5. The summed E-state index contributed by atoms with van der Waals surface area (Å²) in [6, 6.07) is 0. The fourth-order valence-corrected chi connectivity index (χ4v) is 4.21. The molecule has 0 rings (SSSR count). The van der Waals surface area contributed by atoms with E-state index in [2.05, 4.69) is 62.3 Å². The average Bonchev–Trinajstić information content (AvgIpc) is 2.41. The van der Waals surface area contributed by atoms with Gasteiger partial charge in [-0.25, -0.2) is 0 Å². The molecule has 0 saturated carbocycles. The first-order valence-electron chi connectivity index (χ1n) is 10.2. The molecule has 4 atom stereocenters. The van der Waals surface area contributed by atoms with Crippen molar-refractivity contribution < 1.29 is 0 Å². The van der Waals surface area contributed by atoms with Crippen molar-refractivity contribution in [2.75, 3.05) is 0 Å². The minimum atomic E-state index is 0.829. The first-order valence-corrected chi connectivity index (χ1v) is 10.2. The molecule has 0 saturated heterocycles. The molecule has 0 aromatic heterocycles. The van der Waals surface area contributed by atoms with Gasteiger partial charge in [-0.1, -0.05) is 81.6 Å². The van der Waals surface area contributed by atoms with E-state index in [1.807, 2.05) is 0 Å². The summed E-state index contributed by atoms with van der Waals surface area (Å²) in [6.07, 6.45) is 8.41. The minimum absolute atomic E-state index is 0.829. The van der Waals surface area contributed by atoms with E-state index in [1.165, 1.54) is 38.5 Å². The van der Waals surface area contributed by atoms with Gasteiger partial charge in [0, 0.05) is 0 Å². The van der Waals surface area contributed by atoms with Gasteiger partial charge in [-0.15, -0.1) is 0 Å². The van der Waals surface area contributed by atoms with Crippen molar-refractivity contribution in [2.45, 2.75) is 101 Å². The van der Waals surface area contributed by atoms with Crippen molar-refractivity contribution in [3.63, 3.8) is 0 Å². The maximum Gasteiger partial charge on any atom is -0.0386 e. The molecule has 22 heavy (non-hydrogen) atoms. The van der Waals surface area contributed by atoms with Crippen LogP contribution in [0.5, 0.6) is 0 Å². The first-order chi connectivity index (χ1) is 10.2. The largest absolute Gasteiger partial charge is 0.0654 e. The van der Waals surface area contributed by atoms with Gasteiger partial charge >= 0.3 is 0 Å². The summed E-state index contributed by atoms with van der Waals surface area (Å²) < 4.78 is 0. The van der Waals surface area contributed by atoms with E-state index < -0.39 is 0 Å². The second kappa shape index (κ2) is 11.5. The predicted octanol–water partition coefficient (Wildman–Crippen LogP) is 7.82. The van der Waals surface area contributed by atoms with E-state index in [-0.39, 0.29) is 0 Å². The monoisotopic (exact) mass is 310 g/mol. The maximum atomic E-state index is 2.52. The summed E-state index contributed by atoms with van der Waals surface area (Å²) in [6.45, 7) is 21.8. The van der Waals surface area contributed by atoms with Crippen LogP contribution in [-0.4, -0.2) is 0 Å². The quantitative estimate of drug-likeness (QED) is 0.344. The number of hydrogen-bond acceptors (Lipinski definition) is 0. The van der Waals surface area contributed by atoms with Crippen LogP contribution in [0.3, 0.4) is 0 Å². The van der Waals surface area contributed by atoms with Crippen LogP contribution in [0.15, 0.2) is 0 Å². The highest BCUT2D eigenvalue weighted by molar-refractivity contribution is 4.76. The Labute approximate surface area is 142 Å². The standard InChI is InChI=1S/C22H46/c1-10-12-20(11-2)19(9)14-22(18(7)8)15-21(17(5)6)13-16(3)4/h16-22H,10-15H2,1-9H3. The van der Waals surface area contributed by atoms with E-state index in [0.29, 0.717) is 0 Å². The Hall–Kier alpha value is 0. The zero-order valence-electron chi connectivity index (χ0n) is 17.3. The van der Waals surface area contributed by atoms with Gasteiger partial charge in [0.25, 0.3) is 0 Å². The lowest BCUT2D eigenvalue weighted by molar-refractivity contribution is 0.172. The van der Waals surface area contributed by atoms with Crippen LogP contribution in [0.1, 0.15) is 101 Å². The highest BCUT2D eigenvalue weighted by Gasteiger charge is 2.26. The topological polar surface area (TPSA) is 0 Å². The Bertz CT molecular complexity index is 251. The summed E-state index contributed by atoms with van der Waals surface area (Å²) in [5.41, 5.74) is 0. The smallest absolute Gasteiger partial charge is 0.0386 e. The van der Waals surface area contributed by atoms with Crippen LogP contribution in [0.4, 0.5) is 0 Å². The molecule has 0 spiro atoms. The van der Waals surface area contributed by atoms with Crippen molar-refractivity contribution >= 4 is 0 Å². The molecule has 0 heterocycles. The molecular formula is C22H46. The molecule has 0 aromatic rings. The van der Waals surface area contributed by atoms with E-state index >= 15 is 0 Å². The summed E-state index contributed by atoms with van der Waals surface area (Å²) in [4.78, 5) is 0. The first kappa shape index (κ1) is 22.0. The van der Waals surface area contributed by atoms with Gasteiger partial charge < -0.3 is 0 Å². The van der Waals surface area contributed by atoms with E-state index in [0.717, 1.165) is 41.4 Å². The van der Waals surface area contributed by atoms with Crippen molar-refractivity contribution in [3.8, 4) is 0 Å². The van der Waals surface area contributed by atoms with Gasteiger partial charge in [0.1, 0.15) is 0 Å². The Morgan fingerprint density at radius 1 is 0.591 bits per heavy atom. The third-order valence-electron chi connectivity index (χ3n) is 5.93. The van der Waals surface area contributed by atoms with Crippen LogP contribution < -0.4 is 0 Å². The molecule has 0 aliphatic carbocycles. The summed E-state index contributed by atoms with van der Waals surface area (Å²) in [7, 11) is 0. The average molecular weight is 311 g/mol. The second-order valence-corrected chi connectivity index (χ2v) is 9.04. The van der Waals surface area contributed by atoms with Gasteiger partial charge in [0.05, 0.1) is 0 Å². The minimum Gasteiger partial charge on any atom is -0.0654 e. The molecule has 0 aromatic carbocycles. The maximum absolute atomic E-state index is 2.52. The molecule has 0 nitrogen and oxygen atoms in total. The van der Waals surface area contributed by atoms with Crippen LogP contribution in [0.2, 0.25) is 0 Å². The van der Waals surface area contributed by atoms with Gasteiger partial charge in [0.2, 0.25) is 0 Å². The van der Waals surface area contributed by atoms with Gasteiger partial charge in [-0.3, -0.25) is 0 Å². The van der Waals surface area contributed by atoms with Crippen LogP contribution in [-0.2, 0) is 0 Å². The third-order valence-corrected chi connectivity index (χ3v) is 5.93. The lowest BCUT2D eigenvalue weighted by Crippen LogP contribution is -2.23. The van der Waals surface area contributed by atoms with Crippen LogP contribution in [0, 0.1) is 41.4 Å². The van der Waals surface area contributed by atoms with Crippen molar-refractivity contribution in [1.82, 2.24) is 0 Å². The Morgan fingerprint density at radius 2 is 1.09 bits per heavy atom. The Morgan fingerprint density at radius 3 is 1.45 bits per heavy atom.